The molecule has 1 aliphatic heterocycles. The third-order valence-electron chi connectivity index (χ3n) is 5.33. The molecule has 4 rings (SSSR count). The molecule has 1 atom stereocenters. The van der Waals surface area contributed by atoms with Crippen LogP contribution in [0.25, 0.3) is 0 Å². The molecule has 4 nitrogen and oxygen atoms in total. The first kappa shape index (κ1) is 15.6. The summed E-state index contributed by atoms with van der Waals surface area (Å²) in [5.74, 6) is 0.788. The predicted octanol–water partition coefficient (Wildman–Crippen LogP) is 3.98. The van der Waals surface area contributed by atoms with Gasteiger partial charge >= 0.3 is 0 Å². The summed E-state index contributed by atoms with van der Waals surface area (Å²) in [7, 11) is 1.65. The van der Waals surface area contributed by atoms with Gasteiger partial charge in [0.1, 0.15) is 11.4 Å². The number of hydrogen-bond acceptors (Lipinski definition) is 4. The molecule has 1 saturated carbocycles. The molecule has 1 fully saturated rings. The van der Waals surface area contributed by atoms with Crippen LogP contribution in [-0.4, -0.2) is 7.11 Å². The second-order valence-electron chi connectivity index (χ2n) is 6.73. The molecule has 24 heavy (non-hydrogen) atoms. The highest BCUT2D eigenvalue weighted by atomic mass is 17.2. The van der Waals surface area contributed by atoms with E-state index in [-0.39, 0.29) is 5.60 Å². The summed E-state index contributed by atoms with van der Waals surface area (Å²) >= 11 is 0. The van der Waals surface area contributed by atoms with E-state index < -0.39 is 5.72 Å². The highest BCUT2D eigenvalue weighted by Crippen LogP contribution is 2.49. The summed E-state index contributed by atoms with van der Waals surface area (Å²) in [5, 5.41) is 0. The van der Waals surface area contributed by atoms with E-state index in [9.17, 15) is 0 Å². The van der Waals surface area contributed by atoms with Crippen molar-refractivity contribution in [2.75, 3.05) is 7.11 Å². The number of hydrogen-bond donors (Lipinski definition) is 1. The standard InChI is InChI=1S/C20H23NO3/c1-22-16-11-9-15(10-12-16)20(21)18-8-4-3-7-17(18)19(23-24-20)13-5-2-6-14-19/h3-4,7-12H,2,5-6,13-14,21H2,1H3. The van der Waals surface area contributed by atoms with Gasteiger partial charge in [-0.3, -0.25) is 5.73 Å². The summed E-state index contributed by atoms with van der Waals surface area (Å²) in [6.45, 7) is 0. The van der Waals surface area contributed by atoms with Gasteiger partial charge in [0.15, 0.2) is 0 Å². The van der Waals surface area contributed by atoms with Gasteiger partial charge in [0, 0.05) is 11.1 Å². The Kier molecular flexibility index (Phi) is 3.83. The molecule has 1 heterocycles. The van der Waals surface area contributed by atoms with Crippen molar-refractivity contribution in [2.45, 2.75) is 43.4 Å². The topological polar surface area (TPSA) is 53.7 Å². The van der Waals surface area contributed by atoms with E-state index in [0.717, 1.165) is 48.1 Å². The summed E-state index contributed by atoms with van der Waals surface area (Å²) in [5.41, 5.74) is 8.22. The molecule has 1 aliphatic carbocycles. The molecule has 0 radical (unpaired) electrons. The zero-order valence-corrected chi connectivity index (χ0v) is 14.0. The molecule has 2 aromatic rings. The Balaban J connectivity index is 1.80. The van der Waals surface area contributed by atoms with Crippen LogP contribution in [0.5, 0.6) is 5.75 Å². The van der Waals surface area contributed by atoms with Crippen LogP contribution in [0.15, 0.2) is 48.5 Å². The molecule has 2 aliphatic rings. The Labute approximate surface area is 142 Å². The van der Waals surface area contributed by atoms with Crippen LogP contribution in [0, 0.1) is 0 Å². The lowest BCUT2D eigenvalue weighted by Crippen LogP contribution is -2.50. The monoisotopic (exact) mass is 325 g/mol. The van der Waals surface area contributed by atoms with Gasteiger partial charge in [-0.05, 0) is 30.5 Å². The SMILES string of the molecule is COc1ccc(C2(N)OOC3(CCCCC3)c3ccccc32)cc1. The predicted molar refractivity (Wildman–Crippen MR) is 91.3 cm³/mol. The molecule has 0 bridgehead atoms. The van der Waals surface area contributed by atoms with E-state index in [2.05, 4.69) is 18.2 Å². The first-order chi connectivity index (χ1) is 11.7. The normalized spacial score (nSPS) is 25.2. The van der Waals surface area contributed by atoms with E-state index in [4.69, 9.17) is 20.2 Å². The number of methoxy groups -OCH3 is 1. The molecule has 0 amide bonds. The molecule has 4 heteroatoms. The van der Waals surface area contributed by atoms with Crippen molar-refractivity contribution in [3.05, 3.63) is 65.2 Å². The van der Waals surface area contributed by atoms with Gasteiger partial charge in [0.25, 0.3) is 0 Å². The van der Waals surface area contributed by atoms with E-state index in [1.54, 1.807) is 7.11 Å². The smallest absolute Gasteiger partial charge is 0.203 e. The van der Waals surface area contributed by atoms with Crippen molar-refractivity contribution in [2.24, 2.45) is 5.73 Å². The summed E-state index contributed by atoms with van der Waals surface area (Å²) in [6.07, 6.45) is 5.50. The van der Waals surface area contributed by atoms with Crippen molar-refractivity contribution in [3.63, 3.8) is 0 Å². The maximum atomic E-state index is 6.69. The number of fused-ring (bicyclic) bond motifs is 2. The molecule has 1 spiro atoms. The molecule has 126 valence electrons. The van der Waals surface area contributed by atoms with Crippen LogP contribution in [0.4, 0.5) is 0 Å². The zero-order chi connectivity index (χ0) is 16.6. The van der Waals surface area contributed by atoms with Crippen molar-refractivity contribution in [1.82, 2.24) is 0 Å². The summed E-state index contributed by atoms with van der Waals surface area (Å²) in [4.78, 5) is 11.9. The minimum atomic E-state index is -1.11. The third kappa shape index (κ3) is 2.34. The van der Waals surface area contributed by atoms with Crippen LogP contribution in [0.3, 0.4) is 0 Å². The molecule has 2 N–H and O–H groups in total. The van der Waals surface area contributed by atoms with Gasteiger partial charge in [-0.1, -0.05) is 55.7 Å². The number of rotatable bonds is 2. The minimum Gasteiger partial charge on any atom is -0.497 e. The van der Waals surface area contributed by atoms with Gasteiger partial charge in [-0.15, -0.1) is 0 Å². The Hall–Kier alpha value is -1.88. The number of benzene rings is 2. The quantitative estimate of drug-likeness (QED) is 0.849. The highest BCUT2D eigenvalue weighted by molar-refractivity contribution is 5.45. The van der Waals surface area contributed by atoms with Gasteiger partial charge in [-0.25, -0.2) is 9.78 Å². The maximum absolute atomic E-state index is 6.69. The largest absolute Gasteiger partial charge is 0.497 e. The Morgan fingerprint density at radius 2 is 1.54 bits per heavy atom. The Bertz CT molecular complexity index is 722. The number of nitrogens with two attached hydrogens (primary N) is 1. The van der Waals surface area contributed by atoms with Gasteiger partial charge in [0.2, 0.25) is 5.72 Å². The zero-order valence-electron chi connectivity index (χ0n) is 14.0. The summed E-state index contributed by atoms with van der Waals surface area (Å²) in [6, 6.07) is 15.9. The van der Waals surface area contributed by atoms with Crippen molar-refractivity contribution in [1.29, 1.82) is 0 Å². The lowest BCUT2D eigenvalue weighted by Gasteiger charge is -2.46. The van der Waals surface area contributed by atoms with E-state index in [1.807, 2.05) is 30.3 Å². The fourth-order valence-corrected chi connectivity index (χ4v) is 3.96. The second kappa shape index (κ2) is 5.88. The van der Waals surface area contributed by atoms with Crippen LogP contribution in [0.1, 0.15) is 48.8 Å². The number of ether oxygens (including phenoxy) is 1. The molecule has 0 aromatic heterocycles. The minimum absolute atomic E-state index is 0.357. The van der Waals surface area contributed by atoms with Crippen LogP contribution in [-0.2, 0) is 21.1 Å². The molecular weight excluding hydrogens is 302 g/mol. The lowest BCUT2D eigenvalue weighted by atomic mass is 9.75. The third-order valence-corrected chi connectivity index (χ3v) is 5.33. The van der Waals surface area contributed by atoms with Gasteiger partial charge < -0.3 is 4.74 Å². The molecule has 0 saturated heterocycles. The van der Waals surface area contributed by atoms with Crippen molar-refractivity contribution >= 4 is 0 Å². The molecule has 2 aromatic carbocycles. The van der Waals surface area contributed by atoms with Crippen LogP contribution >= 0.6 is 0 Å². The highest BCUT2D eigenvalue weighted by Gasteiger charge is 2.49. The van der Waals surface area contributed by atoms with E-state index in [0.29, 0.717) is 0 Å². The average molecular weight is 325 g/mol. The van der Waals surface area contributed by atoms with E-state index in [1.165, 1.54) is 6.42 Å². The van der Waals surface area contributed by atoms with Crippen LogP contribution in [0.2, 0.25) is 0 Å². The maximum Gasteiger partial charge on any atom is 0.203 e. The first-order valence-electron chi connectivity index (χ1n) is 8.58. The lowest BCUT2D eigenvalue weighted by molar-refractivity contribution is -0.431. The fourth-order valence-electron chi connectivity index (χ4n) is 3.96. The first-order valence-corrected chi connectivity index (χ1v) is 8.58. The van der Waals surface area contributed by atoms with Gasteiger partial charge in [0.05, 0.1) is 7.11 Å². The molecule has 1 unspecified atom stereocenters. The van der Waals surface area contributed by atoms with Crippen molar-refractivity contribution < 1.29 is 14.5 Å². The van der Waals surface area contributed by atoms with Gasteiger partial charge in [-0.2, -0.15) is 0 Å². The second-order valence-corrected chi connectivity index (χ2v) is 6.73. The average Bonchev–Trinajstić information content (AvgIpc) is 2.66. The molecular formula is C20H23NO3. The fraction of sp³-hybridized carbons (Fsp3) is 0.400. The van der Waals surface area contributed by atoms with E-state index >= 15 is 0 Å². The summed E-state index contributed by atoms with van der Waals surface area (Å²) < 4.78 is 5.24. The Morgan fingerprint density at radius 3 is 2.21 bits per heavy atom. The van der Waals surface area contributed by atoms with Crippen LogP contribution < -0.4 is 10.5 Å². The van der Waals surface area contributed by atoms with Crippen molar-refractivity contribution in [3.8, 4) is 5.75 Å². The Morgan fingerprint density at radius 1 is 0.875 bits per heavy atom.